The fourth-order valence-corrected chi connectivity index (χ4v) is 3.00. The van der Waals surface area contributed by atoms with Crippen LogP contribution < -0.4 is 10.1 Å². The molecular weight excluding hydrogens is 264 g/mol. The Hall–Kier alpha value is -1.26. The molecule has 2 heterocycles. The minimum Gasteiger partial charge on any atom is -0.488 e. The fourth-order valence-electron chi connectivity index (χ4n) is 3.00. The molecule has 0 saturated carbocycles. The van der Waals surface area contributed by atoms with E-state index in [-0.39, 0.29) is 0 Å². The van der Waals surface area contributed by atoms with Gasteiger partial charge in [-0.15, -0.1) is 0 Å². The van der Waals surface area contributed by atoms with E-state index in [1.165, 1.54) is 0 Å². The Morgan fingerprint density at radius 3 is 2.81 bits per heavy atom. The molecule has 2 saturated heterocycles. The quantitative estimate of drug-likeness (QED) is 0.904. The largest absolute Gasteiger partial charge is 0.488 e. The SMILES string of the molecule is CN1CCC(Oc2ccccc2NCC2CCOC2)CC1. The van der Waals surface area contributed by atoms with E-state index in [4.69, 9.17) is 9.47 Å². The molecule has 3 rings (SSSR count). The number of ether oxygens (including phenoxy) is 2. The highest BCUT2D eigenvalue weighted by Gasteiger charge is 2.20. The number of nitrogens with one attached hydrogen (secondary N) is 1. The number of anilines is 1. The lowest BCUT2D eigenvalue weighted by Crippen LogP contribution is -2.35. The van der Waals surface area contributed by atoms with E-state index in [9.17, 15) is 0 Å². The molecule has 1 N–H and O–H groups in total. The number of rotatable bonds is 5. The van der Waals surface area contributed by atoms with Crippen molar-refractivity contribution in [1.29, 1.82) is 0 Å². The second-order valence-corrected chi connectivity index (χ2v) is 6.23. The number of benzene rings is 1. The van der Waals surface area contributed by atoms with Gasteiger partial charge >= 0.3 is 0 Å². The highest BCUT2D eigenvalue weighted by Crippen LogP contribution is 2.27. The first kappa shape index (κ1) is 14.7. The highest BCUT2D eigenvalue weighted by molar-refractivity contribution is 5.56. The van der Waals surface area contributed by atoms with E-state index in [0.717, 1.165) is 63.5 Å². The first-order valence-electron chi connectivity index (χ1n) is 8.07. The van der Waals surface area contributed by atoms with Crippen LogP contribution in [-0.4, -0.2) is 50.9 Å². The summed E-state index contributed by atoms with van der Waals surface area (Å²) in [6, 6.07) is 8.30. The van der Waals surface area contributed by atoms with Crippen LogP contribution in [0.2, 0.25) is 0 Å². The Bertz CT molecular complexity index is 438. The highest BCUT2D eigenvalue weighted by atomic mass is 16.5. The molecule has 2 fully saturated rings. The van der Waals surface area contributed by atoms with Crippen LogP contribution >= 0.6 is 0 Å². The summed E-state index contributed by atoms with van der Waals surface area (Å²) in [5.74, 6) is 1.62. The summed E-state index contributed by atoms with van der Waals surface area (Å²) in [5.41, 5.74) is 1.11. The van der Waals surface area contributed by atoms with Crippen LogP contribution in [0.4, 0.5) is 5.69 Å². The molecule has 2 aliphatic rings. The van der Waals surface area contributed by atoms with Crippen LogP contribution in [0.15, 0.2) is 24.3 Å². The van der Waals surface area contributed by atoms with E-state index < -0.39 is 0 Å². The van der Waals surface area contributed by atoms with Crippen LogP contribution in [0.5, 0.6) is 5.75 Å². The summed E-state index contributed by atoms with van der Waals surface area (Å²) >= 11 is 0. The van der Waals surface area contributed by atoms with E-state index in [0.29, 0.717) is 12.0 Å². The number of para-hydroxylation sites is 2. The lowest BCUT2D eigenvalue weighted by atomic mass is 10.1. The van der Waals surface area contributed by atoms with Crippen molar-refractivity contribution >= 4 is 5.69 Å². The molecule has 0 radical (unpaired) electrons. The maximum atomic E-state index is 6.23. The number of piperidine rings is 1. The second-order valence-electron chi connectivity index (χ2n) is 6.23. The van der Waals surface area contributed by atoms with Crippen LogP contribution in [0.1, 0.15) is 19.3 Å². The Balaban J connectivity index is 1.56. The molecule has 1 unspecified atom stereocenters. The van der Waals surface area contributed by atoms with Crippen molar-refractivity contribution in [2.45, 2.75) is 25.4 Å². The van der Waals surface area contributed by atoms with Crippen molar-refractivity contribution < 1.29 is 9.47 Å². The van der Waals surface area contributed by atoms with Crippen molar-refractivity contribution in [3.63, 3.8) is 0 Å². The van der Waals surface area contributed by atoms with Gasteiger partial charge in [0, 0.05) is 32.2 Å². The van der Waals surface area contributed by atoms with E-state index in [1.54, 1.807) is 0 Å². The first-order chi connectivity index (χ1) is 10.3. The monoisotopic (exact) mass is 290 g/mol. The Morgan fingerprint density at radius 1 is 1.24 bits per heavy atom. The molecule has 116 valence electrons. The van der Waals surface area contributed by atoms with Gasteiger partial charge in [-0.1, -0.05) is 12.1 Å². The van der Waals surface area contributed by atoms with Gasteiger partial charge in [-0.05, 0) is 38.4 Å². The van der Waals surface area contributed by atoms with Crippen molar-refractivity contribution in [3.05, 3.63) is 24.3 Å². The van der Waals surface area contributed by atoms with E-state index in [2.05, 4.69) is 35.5 Å². The first-order valence-corrected chi connectivity index (χ1v) is 8.07. The van der Waals surface area contributed by atoms with E-state index in [1.807, 2.05) is 6.07 Å². The summed E-state index contributed by atoms with van der Waals surface area (Å²) in [7, 11) is 2.18. The molecule has 4 nitrogen and oxygen atoms in total. The fraction of sp³-hybridized carbons (Fsp3) is 0.647. The average molecular weight is 290 g/mol. The third kappa shape index (κ3) is 4.11. The average Bonchev–Trinajstić information content (AvgIpc) is 3.02. The standard InChI is InChI=1S/C17H26N2O2/c1-19-9-6-15(7-10-19)21-17-5-3-2-4-16(17)18-12-14-8-11-20-13-14/h2-5,14-15,18H,6-13H2,1H3. The van der Waals surface area contributed by atoms with Crippen LogP contribution in [0, 0.1) is 5.92 Å². The molecule has 0 aromatic heterocycles. The van der Waals surface area contributed by atoms with Crippen LogP contribution in [0.25, 0.3) is 0 Å². The molecule has 0 aliphatic carbocycles. The lowest BCUT2D eigenvalue weighted by molar-refractivity contribution is 0.115. The van der Waals surface area contributed by atoms with Crippen molar-refractivity contribution in [3.8, 4) is 5.75 Å². The van der Waals surface area contributed by atoms with E-state index >= 15 is 0 Å². The Morgan fingerprint density at radius 2 is 2.05 bits per heavy atom. The number of nitrogens with zero attached hydrogens (tertiary/aromatic N) is 1. The Kier molecular flexibility index (Phi) is 4.99. The third-order valence-corrected chi connectivity index (χ3v) is 4.45. The minimum absolute atomic E-state index is 0.346. The predicted octanol–water partition coefficient (Wildman–Crippen LogP) is 2.61. The maximum absolute atomic E-state index is 6.23. The molecule has 0 amide bonds. The maximum Gasteiger partial charge on any atom is 0.142 e. The zero-order chi connectivity index (χ0) is 14.5. The van der Waals surface area contributed by atoms with Crippen LogP contribution in [-0.2, 0) is 4.74 Å². The summed E-state index contributed by atoms with van der Waals surface area (Å²) in [5, 5.41) is 3.54. The van der Waals surface area contributed by atoms with Gasteiger partial charge in [0.1, 0.15) is 11.9 Å². The summed E-state index contributed by atoms with van der Waals surface area (Å²) in [6.45, 7) is 5.00. The number of hydrogen-bond donors (Lipinski definition) is 1. The second kappa shape index (κ2) is 7.14. The Labute approximate surface area is 127 Å². The minimum atomic E-state index is 0.346. The third-order valence-electron chi connectivity index (χ3n) is 4.45. The summed E-state index contributed by atoms with van der Waals surface area (Å²) in [6.07, 6.45) is 3.73. The van der Waals surface area contributed by atoms with Crippen molar-refractivity contribution in [2.75, 3.05) is 45.2 Å². The normalized spacial score (nSPS) is 24.1. The zero-order valence-corrected chi connectivity index (χ0v) is 12.9. The predicted molar refractivity (Wildman–Crippen MR) is 85.0 cm³/mol. The molecule has 0 bridgehead atoms. The van der Waals surface area contributed by atoms with Crippen LogP contribution in [0.3, 0.4) is 0 Å². The van der Waals surface area contributed by atoms with Gasteiger partial charge < -0.3 is 19.7 Å². The molecule has 21 heavy (non-hydrogen) atoms. The van der Waals surface area contributed by atoms with Crippen molar-refractivity contribution in [2.24, 2.45) is 5.92 Å². The van der Waals surface area contributed by atoms with Gasteiger partial charge in [0.15, 0.2) is 0 Å². The van der Waals surface area contributed by atoms with Gasteiger partial charge in [-0.25, -0.2) is 0 Å². The lowest BCUT2D eigenvalue weighted by Gasteiger charge is -2.30. The van der Waals surface area contributed by atoms with Crippen molar-refractivity contribution in [1.82, 2.24) is 4.90 Å². The van der Waals surface area contributed by atoms with Gasteiger partial charge in [-0.3, -0.25) is 0 Å². The molecule has 1 atom stereocenters. The number of hydrogen-bond acceptors (Lipinski definition) is 4. The molecule has 4 heteroatoms. The zero-order valence-electron chi connectivity index (χ0n) is 12.9. The molecule has 1 aromatic carbocycles. The molecule has 0 spiro atoms. The van der Waals surface area contributed by atoms with Gasteiger partial charge in [0.05, 0.1) is 12.3 Å². The smallest absolute Gasteiger partial charge is 0.142 e. The summed E-state index contributed by atoms with van der Waals surface area (Å²) in [4.78, 5) is 2.37. The summed E-state index contributed by atoms with van der Waals surface area (Å²) < 4.78 is 11.7. The van der Waals surface area contributed by atoms with Gasteiger partial charge in [-0.2, -0.15) is 0 Å². The molecular formula is C17H26N2O2. The van der Waals surface area contributed by atoms with Gasteiger partial charge in [0.2, 0.25) is 0 Å². The molecule has 1 aromatic rings. The topological polar surface area (TPSA) is 33.7 Å². The molecule has 2 aliphatic heterocycles. The van der Waals surface area contributed by atoms with Gasteiger partial charge in [0.25, 0.3) is 0 Å². The number of likely N-dealkylation sites (tertiary alicyclic amines) is 1.